The number of hydrogen-bond acceptors (Lipinski definition) is 1. The summed E-state index contributed by atoms with van der Waals surface area (Å²) in [5, 5.41) is 1.98. The fraction of sp³-hybridized carbons (Fsp3) is 0. The van der Waals surface area contributed by atoms with Gasteiger partial charge in [-0.25, -0.2) is 0 Å². The van der Waals surface area contributed by atoms with Crippen LogP contribution >= 0.6 is 0 Å². The monoisotopic (exact) mass is 611 g/mol. The van der Waals surface area contributed by atoms with E-state index in [0.29, 0.717) is 27.9 Å². The van der Waals surface area contributed by atoms with E-state index in [0.717, 1.165) is 21.5 Å². The maximum atomic E-state index is 9.42. The van der Waals surface area contributed by atoms with Gasteiger partial charge in [-0.1, -0.05) is 157 Å². The van der Waals surface area contributed by atoms with Crippen molar-refractivity contribution < 1.29 is 25.0 Å². The topological polar surface area (TPSA) is 13.1 Å². The van der Waals surface area contributed by atoms with Gasteiger partial charge in [-0.15, -0.1) is 0 Å². The molecule has 1 aromatic heterocycles. The molecule has 1 nitrogen and oxygen atoms in total. The predicted octanol–water partition coefficient (Wildman–Crippen LogP) is 13.2. The highest BCUT2D eigenvalue weighted by Crippen LogP contribution is 2.46. The van der Waals surface area contributed by atoms with Crippen molar-refractivity contribution in [3.8, 4) is 33.4 Å². The molecule has 47 heavy (non-hydrogen) atoms. The molecule has 0 spiro atoms. The molecule has 0 saturated heterocycles. The van der Waals surface area contributed by atoms with Crippen molar-refractivity contribution in [2.24, 2.45) is 0 Å². The lowest BCUT2D eigenvalue weighted by atomic mass is 9.84. The quantitative estimate of drug-likeness (QED) is 0.181. The molecule has 10 aromatic rings. The summed E-state index contributed by atoms with van der Waals surface area (Å²) in [7, 11) is 0. The second-order valence-corrected chi connectivity index (χ2v) is 11.3. The average molecular weight is 612 g/mol. The number of benzene rings is 9. The average Bonchev–Trinajstić information content (AvgIpc) is 3.68. The molecule has 0 amide bonds. The summed E-state index contributed by atoms with van der Waals surface area (Å²) in [5.74, 6) is 0. The van der Waals surface area contributed by atoms with Crippen LogP contribution in [0.25, 0.3) is 98.4 Å². The Labute approximate surface area is 293 Å². The largest absolute Gasteiger partial charge is 0.455 e. The molecule has 0 aliphatic carbocycles. The number of furan rings is 1. The van der Waals surface area contributed by atoms with Crippen molar-refractivity contribution in [3.05, 3.63) is 169 Å². The third-order valence-corrected chi connectivity index (χ3v) is 8.79. The lowest BCUT2D eigenvalue weighted by Crippen LogP contribution is -1.92. The van der Waals surface area contributed by atoms with Crippen LogP contribution in [0.4, 0.5) is 0 Å². The van der Waals surface area contributed by atoms with Crippen molar-refractivity contribution in [3.63, 3.8) is 0 Å². The molecule has 1 heteroatoms. The Morgan fingerprint density at radius 3 is 1.85 bits per heavy atom. The summed E-state index contributed by atoms with van der Waals surface area (Å²) in [6.07, 6.45) is 0. The van der Waals surface area contributed by atoms with Crippen LogP contribution < -0.4 is 0 Å². The molecule has 0 aliphatic heterocycles. The van der Waals surface area contributed by atoms with E-state index in [-0.39, 0.29) is 32.7 Å². The van der Waals surface area contributed by atoms with Gasteiger partial charge in [0, 0.05) is 16.3 Å². The molecule has 1 heterocycles. The second-order valence-electron chi connectivity index (χ2n) is 11.3. The first-order valence-corrected chi connectivity index (χ1v) is 15.0. The Morgan fingerprint density at radius 1 is 0.404 bits per heavy atom. The minimum absolute atomic E-state index is 0.0170. The molecule has 9 aromatic carbocycles. The first-order valence-electron chi connectivity index (χ1n) is 22.5. The van der Waals surface area contributed by atoms with Gasteiger partial charge >= 0.3 is 0 Å². The molecule has 10 rings (SSSR count). The minimum atomic E-state index is -0.759. The molecule has 0 atom stereocenters. The highest BCUT2D eigenvalue weighted by Gasteiger charge is 2.19. The first kappa shape index (κ1) is 15.4. The fourth-order valence-electron chi connectivity index (χ4n) is 6.80. The molecule has 0 saturated carbocycles. The van der Waals surface area contributed by atoms with Crippen LogP contribution in [-0.2, 0) is 0 Å². The predicted molar refractivity (Wildman–Crippen MR) is 200 cm³/mol. The highest BCUT2D eigenvalue weighted by molar-refractivity contribution is 6.24. The van der Waals surface area contributed by atoms with Gasteiger partial charge in [0.2, 0.25) is 0 Å². The number of fused-ring (bicyclic) bond motifs is 8. The first-order chi connectivity index (χ1) is 29.6. The Hall–Kier alpha value is -6.18. The second kappa shape index (κ2) is 10.2. The van der Waals surface area contributed by atoms with Gasteiger partial charge in [0.1, 0.15) is 11.2 Å². The molecule has 0 N–H and O–H groups in total. The lowest BCUT2D eigenvalue weighted by Gasteiger charge is -2.19. The summed E-state index contributed by atoms with van der Waals surface area (Å²) >= 11 is 0. The van der Waals surface area contributed by atoms with E-state index in [1.165, 1.54) is 0 Å². The van der Waals surface area contributed by atoms with Crippen LogP contribution in [0.5, 0.6) is 0 Å². The zero-order valence-electron chi connectivity index (χ0n) is 39.4. The van der Waals surface area contributed by atoms with Crippen LogP contribution in [-0.4, -0.2) is 0 Å². The van der Waals surface area contributed by atoms with E-state index in [2.05, 4.69) is 0 Å². The van der Waals surface area contributed by atoms with Gasteiger partial charge in [-0.2, -0.15) is 0 Å². The number of para-hydroxylation sites is 1. The van der Waals surface area contributed by atoms with Crippen molar-refractivity contribution in [1.82, 2.24) is 0 Å². The maximum Gasteiger partial charge on any atom is 0.143 e. The van der Waals surface area contributed by atoms with Crippen LogP contribution in [0.1, 0.15) is 20.6 Å². The van der Waals surface area contributed by atoms with Crippen molar-refractivity contribution in [2.75, 3.05) is 0 Å². The Balaban J connectivity index is 1.41. The Kier molecular flexibility index (Phi) is 3.33. The van der Waals surface area contributed by atoms with E-state index in [1.54, 1.807) is 18.2 Å². The molecule has 0 unspecified atom stereocenters. The summed E-state index contributed by atoms with van der Waals surface area (Å²) < 4.78 is 141. The van der Waals surface area contributed by atoms with Crippen molar-refractivity contribution >= 4 is 65.0 Å². The standard InChI is InChI=1S/C46H28O/c1-3-17-33-29(12-1)14-10-24-36(33)44-39-21-7-5-19-37(39)43(38-20-6-8-22-40(38)44)32-16-9-15-31(28-32)35-23-11-25-41-45-34-18-4-2-13-30(34)26-27-42(45)47-46(35)41/h1-28H/i1D,3D,5D,6D,7D,8D,10D,12D,14D,17D,19D,20D,21D,22D,24D. The lowest BCUT2D eigenvalue weighted by molar-refractivity contribution is 0.670. The number of hydrogen-bond donors (Lipinski definition) is 0. The smallest absolute Gasteiger partial charge is 0.143 e. The van der Waals surface area contributed by atoms with E-state index >= 15 is 0 Å². The van der Waals surface area contributed by atoms with Crippen LogP contribution in [0.15, 0.2) is 174 Å². The van der Waals surface area contributed by atoms with Crippen LogP contribution in [0, 0.1) is 0 Å². The fourth-order valence-corrected chi connectivity index (χ4v) is 6.80. The summed E-state index contributed by atoms with van der Waals surface area (Å²) in [6, 6.07) is 14.3. The molecule has 218 valence electrons. The van der Waals surface area contributed by atoms with Gasteiger partial charge in [0.05, 0.1) is 20.6 Å². The van der Waals surface area contributed by atoms with Crippen LogP contribution in [0.3, 0.4) is 0 Å². The van der Waals surface area contributed by atoms with Gasteiger partial charge < -0.3 is 4.42 Å². The molecule has 0 fully saturated rings. The maximum absolute atomic E-state index is 9.42. The molecule has 0 bridgehead atoms. The van der Waals surface area contributed by atoms with E-state index in [1.807, 2.05) is 60.7 Å². The van der Waals surface area contributed by atoms with E-state index in [9.17, 15) is 6.85 Å². The summed E-state index contributed by atoms with van der Waals surface area (Å²) in [4.78, 5) is 0. The zero-order chi connectivity index (χ0) is 44.0. The van der Waals surface area contributed by atoms with Gasteiger partial charge in [0.25, 0.3) is 0 Å². The minimum Gasteiger partial charge on any atom is -0.455 e. The van der Waals surface area contributed by atoms with Gasteiger partial charge in [-0.05, 0) is 83.0 Å². The highest BCUT2D eigenvalue weighted by atomic mass is 16.3. The Morgan fingerprint density at radius 2 is 1.04 bits per heavy atom. The van der Waals surface area contributed by atoms with Gasteiger partial charge in [0.15, 0.2) is 0 Å². The summed E-state index contributed by atoms with van der Waals surface area (Å²) in [6.45, 7) is 0. The number of rotatable bonds is 3. The Bertz CT molecular complexity index is 3620. The molecule has 0 radical (unpaired) electrons. The molecular weight excluding hydrogens is 569 g/mol. The van der Waals surface area contributed by atoms with E-state index in [4.69, 9.17) is 18.1 Å². The zero-order valence-corrected chi connectivity index (χ0v) is 24.4. The SMILES string of the molecule is [2H]c1c([2H])c([2H])c2c(-c3c4c([2H])c([2H])c([2H])c([2H])c4c(-c4cccc(-c5cccc6c5oc5ccc7ccccc7c56)c4)c4c([2H])c([2H])c([2H])c([2H])c34)c([2H])c([2H])c([2H])c2c1[2H]. The normalized spacial score (nSPS) is 16.3. The molecule has 0 aliphatic rings. The van der Waals surface area contributed by atoms with Crippen LogP contribution in [0.2, 0.25) is 0 Å². The third kappa shape index (κ3) is 3.90. The van der Waals surface area contributed by atoms with Crippen molar-refractivity contribution in [2.45, 2.75) is 0 Å². The van der Waals surface area contributed by atoms with Crippen molar-refractivity contribution in [1.29, 1.82) is 0 Å². The molecular formula is C46H28O. The van der Waals surface area contributed by atoms with Gasteiger partial charge in [-0.3, -0.25) is 0 Å². The van der Waals surface area contributed by atoms with E-state index < -0.39 is 107 Å². The third-order valence-electron chi connectivity index (χ3n) is 8.79. The summed E-state index contributed by atoms with van der Waals surface area (Å²) in [5.41, 5.74) is 2.06.